The fraction of sp³-hybridized carbons (Fsp3) is 0.476. The molecule has 26 heavy (non-hydrogen) atoms. The van der Waals surface area contributed by atoms with Crippen molar-refractivity contribution in [3.63, 3.8) is 0 Å². The Morgan fingerprint density at radius 3 is 2.69 bits per heavy atom. The minimum Gasteiger partial charge on any atom is -0.326 e. The standard InChI is InChI=1S/C21H26N4O/c26-21(17-8-4-3-5-9-17)22-18-13-11-16(12-14-18)20-24-23-19-10-6-1-2-7-15-25(19)20/h3-4,11-14,17H,1-2,5-10,15H2,(H,22,26)/t17-/m0/s1. The molecule has 2 aromatic rings. The molecule has 1 aliphatic heterocycles. The van der Waals surface area contributed by atoms with E-state index < -0.39 is 0 Å². The molecule has 1 aromatic carbocycles. The van der Waals surface area contributed by atoms with Crippen LogP contribution in [0.1, 0.15) is 50.8 Å². The normalized spacial score (nSPS) is 20.1. The van der Waals surface area contributed by atoms with Crippen LogP contribution >= 0.6 is 0 Å². The first-order chi connectivity index (χ1) is 12.8. The molecule has 0 bridgehead atoms. The van der Waals surface area contributed by atoms with E-state index in [0.29, 0.717) is 0 Å². The van der Waals surface area contributed by atoms with Crippen LogP contribution in [0.5, 0.6) is 0 Å². The van der Waals surface area contributed by atoms with Gasteiger partial charge in [-0.3, -0.25) is 4.79 Å². The van der Waals surface area contributed by atoms with Gasteiger partial charge in [-0.25, -0.2) is 0 Å². The summed E-state index contributed by atoms with van der Waals surface area (Å²) in [4.78, 5) is 12.4. The van der Waals surface area contributed by atoms with Crippen molar-refractivity contribution >= 4 is 11.6 Å². The van der Waals surface area contributed by atoms with Crippen LogP contribution in [0.3, 0.4) is 0 Å². The van der Waals surface area contributed by atoms with Crippen LogP contribution in [0.2, 0.25) is 0 Å². The highest BCUT2D eigenvalue weighted by Gasteiger charge is 2.19. The van der Waals surface area contributed by atoms with Crippen molar-refractivity contribution < 1.29 is 4.79 Å². The number of aryl methyl sites for hydroxylation is 1. The highest BCUT2D eigenvalue weighted by molar-refractivity contribution is 5.92. The summed E-state index contributed by atoms with van der Waals surface area (Å²) in [6, 6.07) is 8.01. The quantitative estimate of drug-likeness (QED) is 0.837. The van der Waals surface area contributed by atoms with Gasteiger partial charge in [-0.1, -0.05) is 25.0 Å². The lowest BCUT2D eigenvalue weighted by atomic mass is 9.93. The summed E-state index contributed by atoms with van der Waals surface area (Å²) in [6.07, 6.45) is 13.0. The van der Waals surface area contributed by atoms with Crippen LogP contribution in [0, 0.1) is 5.92 Å². The van der Waals surface area contributed by atoms with Crippen LogP contribution in [-0.2, 0) is 17.8 Å². The van der Waals surface area contributed by atoms with Crippen LogP contribution in [-0.4, -0.2) is 20.7 Å². The van der Waals surface area contributed by atoms with Crippen LogP contribution in [0.15, 0.2) is 36.4 Å². The van der Waals surface area contributed by atoms with E-state index in [0.717, 1.165) is 55.1 Å². The molecule has 2 heterocycles. The number of fused-ring (bicyclic) bond motifs is 1. The number of rotatable bonds is 3. The zero-order valence-corrected chi connectivity index (χ0v) is 15.2. The second kappa shape index (κ2) is 7.85. The molecule has 1 amide bonds. The van der Waals surface area contributed by atoms with Gasteiger partial charge >= 0.3 is 0 Å². The molecule has 1 aliphatic carbocycles. The lowest BCUT2D eigenvalue weighted by Gasteiger charge is -2.17. The van der Waals surface area contributed by atoms with Crippen molar-refractivity contribution in [2.45, 2.75) is 57.9 Å². The van der Waals surface area contributed by atoms with Crippen molar-refractivity contribution in [1.82, 2.24) is 14.8 Å². The zero-order valence-electron chi connectivity index (χ0n) is 15.2. The SMILES string of the molecule is O=C(Nc1ccc(-c2nnc3n2CCCCCC3)cc1)[C@H]1CC=CCC1. The Morgan fingerprint density at radius 1 is 1.04 bits per heavy atom. The Hall–Kier alpha value is -2.43. The molecule has 0 spiro atoms. The number of hydrogen-bond acceptors (Lipinski definition) is 3. The van der Waals surface area contributed by atoms with E-state index in [1.165, 1.54) is 25.7 Å². The largest absolute Gasteiger partial charge is 0.326 e. The number of hydrogen-bond donors (Lipinski definition) is 1. The number of nitrogens with zero attached hydrogens (tertiary/aromatic N) is 3. The van der Waals surface area contributed by atoms with Crippen molar-refractivity contribution in [1.29, 1.82) is 0 Å². The van der Waals surface area contributed by atoms with Gasteiger partial charge in [0.1, 0.15) is 5.82 Å². The van der Waals surface area contributed by atoms with Crippen molar-refractivity contribution in [2.24, 2.45) is 5.92 Å². The van der Waals surface area contributed by atoms with E-state index in [1.807, 2.05) is 24.3 Å². The molecule has 5 heteroatoms. The first-order valence-electron chi connectivity index (χ1n) is 9.79. The fourth-order valence-electron chi connectivity index (χ4n) is 3.85. The molecule has 0 radical (unpaired) electrons. The molecule has 0 saturated heterocycles. The molecule has 0 saturated carbocycles. The first-order valence-corrected chi connectivity index (χ1v) is 9.79. The van der Waals surface area contributed by atoms with Gasteiger partial charge in [-0.2, -0.15) is 0 Å². The number of anilines is 1. The molecule has 4 rings (SSSR count). The van der Waals surface area contributed by atoms with Crippen molar-refractivity contribution in [3.8, 4) is 11.4 Å². The van der Waals surface area contributed by atoms with E-state index in [2.05, 4.69) is 32.2 Å². The van der Waals surface area contributed by atoms with Gasteiger partial charge in [0.25, 0.3) is 0 Å². The molecule has 1 atom stereocenters. The van der Waals surface area contributed by atoms with Gasteiger partial charge in [0.2, 0.25) is 5.91 Å². The molecule has 136 valence electrons. The van der Waals surface area contributed by atoms with E-state index >= 15 is 0 Å². The summed E-state index contributed by atoms with van der Waals surface area (Å²) >= 11 is 0. The lowest BCUT2D eigenvalue weighted by molar-refractivity contribution is -0.120. The summed E-state index contributed by atoms with van der Waals surface area (Å²) in [6.45, 7) is 0.991. The monoisotopic (exact) mass is 350 g/mol. The molecule has 2 aliphatic rings. The maximum Gasteiger partial charge on any atom is 0.227 e. The third-order valence-electron chi connectivity index (χ3n) is 5.41. The Kier molecular flexibility index (Phi) is 5.14. The molecule has 1 N–H and O–H groups in total. The highest BCUT2D eigenvalue weighted by Crippen LogP contribution is 2.25. The van der Waals surface area contributed by atoms with Gasteiger partial charge in [0.15, 0.2) is 5.82 Å². The summed E-state index contributed by atoms with van der Waals surface area (Å²) in [5.74, 6) is 2.25. The summed E-state index contributed by atoms with van der Waals surface area (Å²) in [5, 5.41) is 11.9. The first kappa shape index (κ1) is 17.0. The number of allylic oxidation sites excluding steroid dienone is 2. The summed E-state index contributed by atoms with van der Waals surface area (Å²) in [5.41, 5.74) is 1.91. The Bertz CT molecular complexity index is 791. The Labute approximate surface area is 154 Å². The average molecular weight is 350 g/mol. The minimum absolute atomic E-state index is 0.0934. The topological polar surface area (TPSA) is 59.8 Å². The van der Waals surface area contributed by atoms with E-state index in [-0.39, 0.29) is 11.8 Å². The predicted molar refractivity (Wildman–Crippen MR) is 103 cm³/mol. The van der Waals surface area contributed by atoms with Crippen molar-refractivity contribution in [3.05, 3.63) is 42.2 Å². The smallest absolute Gasteiger partial charge is 0.227 e. The Morgan fingerprint density at radius 2 is 1.88 bits per heavy atom. The second-order valence-electron chi connectivity index (χ2n) is 7.30. The molecule has 0 unspecified atom stereocenters. The van der Waals surface area contributed by atoms with Crippen LogP contribution < -0.4 is 5.32 Å². The zero-order chi connectivity index (χ0) is 17.8. The third kappa shape index (κ3) is 3.71. The molecule has 0 fully saturated rings. The lowest BCUT2D eigenvalue weighted by Crippen LogP contribution is -2.23. The van der Waals surface area contributed by atoms with Gasteiger partial charge < -0.3 is 9.88 Å². The van der Waals surface area contributed by atoms with Crippen LogP contribution in [0.4, 0.5) is 5.69 Å². The maximum absolute atomic E-state index is 12.4. The van der Waals surface area contributed by atoms with Gasteiger partial charge in [0.05, 0.1) is 0 Å². The molecule has 5 nitrogen and oxygen atoms in total. The highest BCUT2D eigenvalue weighted by atomic mass is 16.1. The van der Waals surface area contributed by atoms with Crippen molar-refractivity contribution in [2.75, 3.05) is 5.32 Å². The predicted octanol–water partition coefficient (Wildman–Crippen LogP) is 4.36. The molecule has 1 aromatic heterocycles. The second-order valence-corrected chi connectivity index (χ2v) is 7.30. The van der Waals surface area contributed by atoms with Gasteiger partial charge in [-0.15, -0.1) is 10.2 Å². The number of nitrogens with one attached hydrogen (secondary N) is 1. The summed E-state index contributed by atoms with van der Waals surface area (Å²) < 4.78 is 2.26. The molecular formula is C21H26N4O. The summed E-state index contributed by atoms with van der Waals surface area (Å²) in [7, 11) is 0. The number of carbonyl (C=O) groups excluding carboxylic acids is 1. The van der Waals surface area contributed by atoms with E-state index in [9.17, 15) is 4.79 Å². The van der Waals surface area contributed by atoms with Gasteiger partial charge in [-0.05, 0) is 56.4 Å². The fourth-order valence-corrected chi connectivity index (χ4v) is 3.85. The number of carbonyl (C=O) groups is 1. The number of amides is 1. The minimum atomic E-state index is 0.0934. The van der Waals surface area contributed by atoms with Gasteiger partial charge in [0, 0.05) is 30.1 Å². The maximum atomic E-state index is 12.4. The van der Waals surface area contributed by atoms with E-state index in [4.69, 9.17) is 0 Å². The van der Waals surface area contributed by atoms with Crippen LogP contribution in [0.25, 0.3) is 11.4 Å². The van der Waals surface area contributed by atoms with E-state index in [1.54, 1.807) is 0 Å². The third-order valence-corrected chi connectivity index (χ3v) is 5.41. The number of aromatic nitrogens is 3. The number of benzene rings is 1. The average Bonchev–Trinajstić information content (AvgIpc) is 3.04. The molecular weight excluding hydrogens is 324 g/mol. The Balaban J connectivity index is 1.48.